The Hall–Kier alpha value is -3.26. The Morgan fingerprint density at radius 2 is 0.879 bits per heavy atom. The Labute approximate surface area is 193 Å². The number of ether oxygens (including phenoxy) is 5. The minimum absolute atomic E-state index is 0.476. The van der Waals surface area contributed by atoms with E-state index in [1.165, 1.54) is 0 Å². The molecule has 0 bridgehead atoms. The van der Waals surface area contributed by atoms with Gasteiger partial charge in [0.25, 0.3) is 0 Å². The summed E-state index contributed by atoms with van der Waals surface area (Å²) in [6.45, 7) is 4.00. The van der Waals surface area contributed by atoms with Crippen molar-refractivity contribution in [2.24, 2.45) is 0 Å². The molecule has 7 nitrogen and oxygen atoms in total. The molecule has 4 aromatic rings. The van der Waals surface area contributed by atoms with E-state index in [0.29, 0.717) is 52.9 Å². The molecule has 0 fully saturated rings. The molecule has 0 aliphatic heterocycles. The summed E-state index contributed by atoms with van der Waals surface area (Å²) in [5.41, 5.74) is 1.84. The van der Waals surface area contributed by atoms with Crippen molar-refractivity contribution in [1.82, 2.24) is 9.97 Å². The zero-order valence-corrected chi connectivity index (χ0v) is 18.5. The van der Waals surface area contributed by atoms with Gasteiger partial charge < -0.3 is 23.7 Å². The van der Waals surface area contributed by atoms with Crippen molar-refractivity contribution >= 4 is 21.8 Å². The molecular weight excluding hydrogens is 420 g/mol. The van der Waals surface area contributed by atoms with Gasteiger partial charge in [0.15, 0.2) is 0 Å². The Balaban J connectivity index is 0.994. The number of benzene rings is 2. The number of hydrogen-bond acceptors (Lipinski definition) is 7. The van der Waals surface area contributed by atoms with Crippen molar-refractivity contribution in [3.8, 4) is 11.5 Å². The van der Waals surface area contributed by atoms with Gasteiger partial charge in [-0.05, 0) is 48.5 Å². The highest BCUT2D eigenvalue weighted by atomic mass is 16.6. The van der Waals surface area contributed by atoms with Crippen LogP contribution in [0.15, 0.2) is 73.1 Å². The van der Waals surface area contributed by atoms with Crippen molar-refractivity contribution in [2.75, 3.05) is 52.9 Å². The van der Waals surface area contributed by atoms with Gasteiger partial charge in [0.1, 0.15) is 24.7 Å². The van der Waals surface area contributed by atoms with Crippen LogP contribution in [0.4, 0.5) is 0 Å². The smallest absolute Gasteiger partial charge is 0.128 e. The van der Waals surface area contributed by atoms with Gasteiger partial charge in [-0.25, -0.2) is 0 Å². The summed E-state index contributed by atoms with van der Waals surface area (Å²) in [7, 11) is 0. The Morgan fingerprint density at radius 3 is 1.33 bits per heavy atom. The minimum Gasteiger partial charge on any atom is -0.490 e. The summed E-state index contributed by atoms with van der Waals surface area (Å²) in [4.78, 5) is 8.66. The first-order valence-electron chi connectivity index (χ1n) is 11.1. The fourth-order valence-corrected chi connectivity index (χ4v) is 3.36. The minimum atomic E-state index is 0.476. The van der Waals surface area contributed by atoms with Crippen LogP contribution in [0.5, 0.6) is 11.5 Å². The van der Waals surface area contributed by atoms with Crippen molar-refractivity contribution in [1.29, 1.82) is 0 Å². The molecule has 4 rings (SSSR count). The van der Waals surface area contributed by atoms with Crippen LogP contribution in [0.1, 0.15) is 0 Å². The second kappa shape index (κ2) is 12.7. The Kier molecular flexibility index (Phi) is 8.82. The van der Waals surface area contributed by atoms with Gasteiger partial charge in [0.05, 0.1) is 50.7 Å². The molecule has 0 spiro atoms. The van der Waals surface area contributed by atoms with Crippen LogP contribution >= 0.6 is 0 Å². The molecule has 0 N–H and O–H groups in total. The normalized spacial score (nSPS) is 11.2. The second-order valence-corrected chi connectivity index (χ2v) is 7.19. The average Bonchev–Trinajstić information content (AvgIpc) is 2.87. The van der Waals surface area contributed by atoms with Crippen LogP contribution in [0.2, 0.25) is 0 Å². The molecule has 0 aliphatic rings. The molecule has 172 valence electrons. The van der Waals surface area contributed by atoms with Gasteiger partial charge in [0, 0.05) is 23.2 Å². The first kappa shape index (κ1) is 22.9. The monoisotopic (exact) mass is 448 g/mol. The Bertz CT molecular complexity index is 1040. The van der Waals surface area contributed by atoms with Crippen molar-refractivity contribution < 1.29 is 23.7 Å². The van der Waals surface area contributed by atoms with E-state index in [0.717, 1.165) is 33.3 Å². The fraction of sp³-hybridized carbons (Fsp3) is 0.308. The van der Waals surface area contributed by atoms with E-state index in [4.69, 9.17) is 23.7 Å². The van der Waals surface area contributed by atoms with Crippen molar-refractivity contribution in [2.45, 2.75) is 0 Å². The molecule has 0 amide bonds. The summed E-state index contributed by atoms with van der Waals surface area (Å²) in [6.07, 6.45) is 3.55. The van der Waals surface area contributed by atoms with Crippen LogP contribution < -0.4 is 9.47 Å². The van der Waals surface area contributed by atoms with Crippen molar-refractivity contribution in [3.05, 3.63) is 73.1 Å². The molecule has 0 unspecified atom stereocenters. The van der Waals surface area contributed by atoms with Crippen LogP contribution in [0.3, 0.4) is 0 Å². The number of pyridine rings is 2. The molecule has 2 heterocycles. The first-order valence-corrected chi connectivity index (χ1v) is 11.1. The Morgan fingerprint density at radius 1 is 0.455 bits per heavy atom. The van der Waals surface area contributed by atoms with E-state index in [1.807, 2.05) is 60.7 Å². The molecule has 0 saturated heterocycles. The topological polar surface area (TPSA) is 71.9 Å². The number of rotatable bonds is 14. The molecule has 0 saturated carbocycles. The predicted molar refractivity (Wildman–Crippen MR) is 127 cm³/mol. The van der Waals surface area contributed by atoms with Crippen molar-refractivity contribution in [3.63, 3.8) is 0 Å². The summed E-state index contributed by atoms with van der Waals surface area (Å²) >= 11 is 0. The third-order valence-corrected chi connectivity index (χ3v) is 4.93. The molecule has 2 aromatic carbocycles. The lowest BCUT2D eigenvalue weighted by atomic mass is 10.2. The molecule has 0 atom stereocenters. The lowest BCUT2D eigenvalue weighted by Crippen LogP contribution is -2.14. The zero-order chi connectivity index (χ0) is 22.6. The summed E-state index contributed by atoms with van der Waals surface area (Å²) in [5, 5.41) is 2.01. The second-order valence-electron chi connectivity index (χ2n) is 7.19. The van der Waals surface area contributed by atoms with Crippen LogP contribution in [-0.4, -0.2) is 62.8 Å². The SMILES string of the molecule is c1cc(OCCOCCOCCOCCOc2cccc3ncccc23)c2cccnc2c1. The first-order chi connectivity index (χ1) is 16.4. The molecule has 7 heteroatoms. The molecular formula is C26H28N2O5. The zero-order valence-electron chi connectivity index (χ0n) is 18.5. The average molecular weight is 449 g/mol. The quantitative estimate of drug-likeness (QED) is 0.267. The predicted octanol–water partition coefficient (Wildman–Crippen LogP) is 4.29. The van der Waals surface area contributed by atoms with Crippen LogP contribution in [-0.2, 0) is 14.2 Å². The van der Waals surface area contributed by atoms with Gasteiger partial charge >= 0.3 is 0 Å². The van der Waals surface area contributed by atoms with E-state index in [-0.39, 0.29) is 0 Å². The number of aromatic nitrogens is 2. The summed E-state index contributed by atoms with van der Waals surface area (Å²) in [6, 6.07) is 19.5. The number of nitrogens with zero attached hydrogens (tertiary/aromatic N) is 2. The highest BCUT2D eigenvalue weighted by Crippen LogP contribution is 2.24. The highest BCUT2D eigenvalue weighted by molar-refractivity contribution is 5.85. The maximum atomic E-state index is 5.82. The van der Waals surface area contributed by atoms with E-state index < -0.39 is 0 Å². The summed E-state index contributed by atoms with van der Waals surface area (Å²) < 4.78 is 28.3. The molecule has 2 aromatic heterocycles. The lowest BCUT2D eigenvalue weighted by Gasteiger charge is -2.10. The van der Waals surface area contributed by atoms with Gasteiger partial charge in [0.2, 0.25) is 0 Å². The van der Waals surface area contributed by atoms with Crippen LogP contribution in [0, 0.1) is 0 Å². The van der Waals surface area contributed by atoms with E-state index in [9.17, 15) is 0 Å². The van der Waals surface area contributed by atoms with E-state index in [1.54, 1.807) is 12.4 Å². The lowest BCUT2D eigenvalue weighted by molar-refractivity contribution is 0.00512. The van der Waals surface area contributed by atoms with Gasteiger partial charge in [-0.15, -0.1) is 0 Å². The number of hydrogen-bond donors (Lipinski definition) is 0. The third kappa shape index (κ3) is 6.86. The van der Waals surface area contributed by atoms with Gasteiger partial charge in [-0.3, -0.25) is 9.97 Å². The number of fused-ring (bicyclic) bond motifs is 2. The third-order valence-electron chi connectivity index (χ3n) is 4.93. The van der Waals surface area contributed by atoms with Crippen LogP contribution in [0.25, 0.3) is 21.8 Å². The maximum absolute atomic E-state index is 5.82. The standard InChI is InChI=1S/C26H28N2O5/c1-7-23-21(5-3-11-27-23)25(9-1)32-19-17-30-15-13-29-14-16-31-18-20-33-26-10-2-8-24-22(26)6-4-12-28-24/h1-12H,13-20H2. The maximum Gasteiger partial charge on any atom is 0.128 e. The highest BCUT2D eigenvalue weighted by Gasteiger charge is 2.03. The largest absolute Gasteiger partial charge is 0.490 e. The molecule has 0 radical (unpaired) electrons. The van der Waals surface area contributed by atoms with E-state index >= 15 is 0 Å². The van der Waals surface area contributed by atoms with Gasteiger partial charge in [-0.1, -0.05) is 12.1 Å². The molecule has 33 heavy (non-hydrogen) atoms. The van der Waals surface area contributed by atoms with E-state index in [2.05, 4.69) is 9.97 Å². The molecule has 0 aliphatic carbocycles. The summed E-state index contributed by atoms with van der Waals surface area (Å²) in [5.74, 6) is 1.64. The fourth-order valence-electron chi connectivity index (χ4n) is 3.36. The van der Waals surface area contributed by atoms with Gasteiger partial charge in [-0.2, -0.15) is 0 Å².